The zero-order valence-corrected chi connectivity index (χ0v) is 17.0. The summed E-state index contributed by atoms with van der Waals surface area (Å²) in [6.07, 6.45) is 1.63. The first kappa shape index (κ1) is 20.2. The quantitative estimate of drug-likeness (QED) is 0.450. The molecular weight excluding hydrogens is 400 g/mol. The maximum Gasteiger partial charge on any atom is 0.295 e. The van der Waals surface area contributed by atoms with E-state index in [2.05, 4.69) is 11.7 Å². The first-order valence-corrected chi connectivity index (χ1v) is 9.55. The molecule has 3 aromatic rings. The van der Waals surface area contributed by atoms with Gasteiger partial charge in [-0.2, -0.15) is 0 Å². The summed E-state index contributed by atoms with van der Waals surface area (Å²) in [5, 5.41) is 14.6. The molecule has 0 spiro atoms. The minimum absolute atomic E-state index is 0.0287. The standard InChI is InChI=1S/C23H20N2O6/c1-4-11-29-16-8-6-15(7-9-16)20-19(21(26)17-10-5-13(2)30-17)22(27)23(28)25(20)18-12-14(3)31-24-18/h4-10,12,20,27H,1,11H2,2-3H3/t20-/m1/s1. The highest BCUT2D eigenvalue weighted by atomic mass is 16.5. The second-order valence-corrected chi connectivity index (χ2v) is 7.04. The van der Waals surface area contributed by atoms with E-state index in [1.165, 1.54) is 11.0 Å². The van der Waals surface area contributed by atoms with E-state index in [9.17, 15) is 14.7 Å². The summed E-state index contributed by atoms with van der Waals surface area (Å²) < 4.78 is 16.1. The number of aliphatic hydroxyl groups is 1. The Bertz CT molecular complexity index is 1180. The Morgan fingerprint density at radius 1 is 1.23 bits per heavy atom. The van der Waals surface area contributed by atoms with Crippen LogP contribution in [0.3, 0.4) is 0 Å². The molecule has 4 rings (SSSR count). The van der Waals surface area contributed by atoms with Crippen molar-refractivity contribution in [2.75, 3.05) is 11.5 Å². The highest BCUT2D eigenvalue weighted by Crippen LogP contribution is 2.42. The molecule has 3 heterocycles. The van der Waals surface area contributed by atoms with Crippen LogP contribution in [-0.2, 0) is 4.79 Å². The van der Waals surface area contributed by atoms with Gasteiger partial charge in [-0.25, -0.2) is 0 Å². The van der Waals surface area contributed by atoms with Crippen LogP contribution in [0.25, 0.3) is 0 Å². The van der Waals surface area contributed by atoms with Crippen molar-refractivity contribution in [1.29, 1.82) is 0 Å². The van der Waals surface area contributed by atoms with Crippen molar-refractivity contribution in [1.82, 2.24) is 5.16 Å². The van der Waals surface area contributed by atoms with Gasteiger partial charge in [0.1, 0.15) is 23.9 Å². The lowest BCUT2D eigenvalue weighted by atomic mass is 9.95. The van der Waals surface area contributed by atoms with Gasteiger partial charge >= 0.3 is 0 Å². The molecule has 0 fully saturated rings. The van der Waals surface area contributed by atoms with Gasteiger partial charge in [0.05, 0.1) is 11.6 Å². The topological polar surface area (TPSA) is 106 Å². The number of carbonyl (C=O) groups is 2. The summed E-state index contributed by atoms with van der Waals surface area (Å²) in [7, 11) is 0. The number of hydrogen-bond acceptors (Lipinski definition) is 7. The third-order valence-corrected chi connectivity index (χ3v) is 4.84. The van der Waals surface area contributed by atoms with Crippen molar-refractivity contribution in [2.24, 2.45) is 0 Å². The number of Topliss-reactive ketones (excluding diaryl/α,β-unsaturated/α-hetero) is 1. The molecule has 2 aromatic heterocycles. The van der Waals surface area contributed by atoms with E-state index in [4.69, 9.17) is 13.7 Å². The van der Waals surface area contributed by atoms with Crippen LogP contribution in [0, 0.1) is 13.8 Å². The summed E-state index contributed by atoms with van der Waals surface area (Å²) in [5.74, 6) is -0.162. The van der Waals surface area contributed by atoms with Gasteiger partial charge in [-0.05, 0) is 43.7 Å². The summed E-state index contributed by atoms with van der Waals surface area (Å²) in [4.78, 5) is 27.4. The van der Waals surface area contributed by atoms with Crippen LogP contribution in [0.1, 0.15) is 33.7 Å². The Kier molecular flexibility index (Phi) is 5.21. The number of aromatic nitrogens is 1. The number of anilines is 1. The van der Waals surface area contributed by atoms with E-state index in [-0.39, 0.29) is 17.2 Å². The molecular formula is C23H20N2O6. The van der Waals surface area contributed by atoms with E-state index in [1.54, 1.807) is 56.3 Å². The first-order chi connectivity index (χ1) is 14.9. The van der Waals surface area contributed by atoms with Crippen molar-refractivity contribution < 1.29 is 28.4 Å². The number of furan rings is 1. The molecule has 158 valence electrons. The fourth-order valence-corrected chi connectivity index (χ4v) is 3.45. The summed E-state index contributed by atoms with van der Waals surface area (Å²) in [5.41, 5.74) is 0.482. The van der Waals surface area contributed by atoms with Gasteiger partial charge in [0.15, 0.2) is 17.3 Å². The lowest BCUT2D eigenvalue weighted by Gasteiger charge is -2.24. The second kappa shape index (κ2) is 7.98. The number of hydrogen-bond donors (Lipinski definition) is 1. The molecule has 1 amide bonds. The van der Waals surface area contributed by atoms with Crippen LogP contribution in [0.4, 0.5) is 5.82 Å². The van der Waals surface area contributed by atoms with E-state index < -0.39 is 23.5 Å². The fraction of sp³-hybridized carbons (Fsp3) is 0.174. The Labute approximate surface area is 178 Å². The van der Waals surface area contributed by atoms with E-state index in [1.807, 2.05) is 0 Å². The molecule has 0 radical (unpaired) electrons. The van der Waals surface area contributed by atoms with Crippen LogP contribution in [0.2, 0.25) is 0 Å². The third kappa shape index (κ3) is 3.63. The smallest absolute Gasteiger partial charge is 0.295 e. The van der Waals surface area contributed by atoms with Crippen molar-refractivity contribution in [2.45, 2.75) is 19.9 Å². The number of nitrogens with zero attached hydrogens (tertiary/aromatic N) is 2. The van der Waals surface area contributed by atoms with Gasteiger partial charge in [-0.15, -0.1) is 0 Å². The number of ether oxygens (including phenoxy) is 1. The van der Waals surface area contributed by atoms with Gasteiger partial charge in [0.25, 0.3) is 5.91 Å². The minimum atomic E-state index is -0.927. The largest absolute Gasteiger partial charge is 0.503 e. The summed E-state index contributed by atoms with van der Waals surface area (Å²) in [6, 6.07) is 10.6. The Morgan fingerprint density at radius 2 is 1.97 bits per heavy atom. The van der Waals surface area contributed by atoms with Crippen molar-refractivity contribution >= 4 is 17.5 Å². The third-order valence-electron chi connectivity index (χ3n) is 4.84. The maximum absolute atomic E-state index is 13.2. The highest BCUT2D eigenvalue weighted by Gasteiger charge is 2.46. The number of rotatable bonds is 7. The molecule has 1 N–H and O–H groups in total. The van der Waals surface area contributed by atoms with Crippen LogP contribution in [0.15, 0.2) is 75.4 Å². The number of aliphatic hydroxyl groups excluding tert-OH is 1. The zero-order valence-electron chi connectivity index (χ0n) is 17.0. The van der Waals surface area contributed by atoms with Crippen molar-refractivity contribution in [3.8, 4) is 5.75 Å². The Morgan fingerprint density at radius 3 is 2.55 bits per heavy atom. The molecule has 0 aliphatic carbocycles. The zero-order chi connectivity index (χ0) is 22.1. The average molecular weight is 420 g/mol. The molecule has 1 aliphatic heterocycles. The fourth-order valence-electron chi connectivity index (χ4n) is 3.45. The SMILES string of the molecule is C=CCOc1ccc([C@@H]2C(C(=O)c3ccc(C)o3)=C(O)C(=O)N2c2cc(C)on2)cc1. The van der Waals surface area contributed by atoms with E-state index >= 15 is 0 Å². The molecule has 8 nitrogen and oxygen atoms in total. The van der Waals surface area contributed by atoms with Crippen LogP contribution >= 0.6 is 0 Å². The molecule has 0 bridgehead atoms. The summed E-state index contributed by atoms with van der Waals surface area (Å²) in [6.45, 7) is 7.34. The first-order valence-electron chi connectivity index (χ1n) is 9.55. The summed E-state index contributed by atoms with van der Waals surface area (Å²) >= 11 is 0. The highest BCUT2D eigenvalue weighted by molar-refractivity contribution is 6.19. The monoisotopic (exact) mass is 420 g/mol. The second-order valence-electron chi connectivity index (χ2n) is 7.04. The Hall–Kier alpha value is -4.07. The molecule has 8 heteroatoms. The van der Waals surface area contributed by atoms with Crippen LogP contribution in [-0.4, -0.2) is 28.6 Å². The van der Waals surface area contributed by atoms with Gasteiger partial charge in [0.2, 0.25) is 5.78 Å². The predicted octanol–water partition coefficient (Wildman–Crippen LogP) is 4.23. The average Bonchev–Trinajstić information content (AvgIpc) is 3.45. The van der Waals surface area contributed by atoms with Crippen molar-refractivity contribution in [3.05, 3.63) is 89.3 Å². The normalized spacial score (nSPS) is 16.1. The number of ketones is 1. The lowest BCUT2D eigenvalue weighted by molar-refractivity contribution is -0.117. The van der Waals surface area contributed by atoms with Gasteiger partial charge in [-0.3, -0.25) is 14.5 Å². The van der Waals surface area contributed by atoms with Gasteiger partial charge in [-0.1, -0.05) is 29.9 Å². The van der Waals surface area contributed by atoms with E-state index in [0.29, 0.717) is 29.4 Å². The number of amides is 1. The molecule has 0 unspecified atom stereocenters. The van der Waals surface area contributed by atoms with Gasteiger partial charge in [0, 0.05) is 6.07 Å². The van der Waals surface area contributed by atoms with E-state index in [0.717, 1.165) is 0 Å². The number of benzene rings is 1. The predicted molar refractivity (Wildman–Crippen MR) is 111 cm³/mol. The minimum Gasteiger partial charge on any atom is -0.503 e. The van der Waals surface area contributed by atoms with Crippen molar-refractivity contribution in [3.63, 3.8) is 0 Å². The molecule has 31 heavy (non-hydrogen) atoms. The number of aryl methyl sites for hydroxylation is 2. The molecule has 0 saturated carbocycles. The van der Waals surface area contributed by atoms with Crippen LogP contribution in [0.5, 0.6) is 5.75 Å². The van der Waals surface area contributed by atoms with Crippen LogP contribution < -0.4 is 9.64 Å². The lowest BCUT2D eigenvalue weighted by Crippen LogP contribution is -2.31. The molecule has 1 aliphatic rings. The molecule has 1 atom stereocenters. The van der Waals surface area contributed by atoms with Gasteiger partial charge < -0.3 is 18.8 Å². The molecule has 0 saturated heterocycles. The molecule has 1 aromatic carbocycles. The number of carbonyl (C=O) groups excluding carboxylic acids is 2. The Balaban J connectivity index is 1.80. The maximum atomic E-state index is 13.2.